The lowest BCUT2D eigenvalue weighted by Crippen LogP contribution is -2.18. The molecule has 0 aliphatic heterocycles. The van der Waals surface area contributed by atoms with Crippen LogP contribution in [0.5, 0.6) is 5.75 Å². The van der Waals surface area contributed by atoms with Crippen LogP contribution in [-0.4, -0.2) is 22.3 Å². The Morgan fingerprint density at radius 3 is 2.55 bits per heavy atom. The van der Waals surface area contributed by atoms with E-state index in [1.165, 1.54) is 11.8 Å². The zero-order valence-corrected chi connectivity index (χ0v) is 19.2. The minimum Gasteiger partial charge on any atom is -0.489 e. The summed E-state index contributed by atoms with van der Waals surface area (Å²) in [4.78, 5) is 12.3. The summed E-state index contributed by atoms with van der Waals surface area (Å²) in [5.41, 5.74) is 7.17. The van der Waals surface area contributed by atoms with Crippen LogP contribution >= 0.6 is 23.2 Å². The van der Waals surface area contributed by atoms with Crippen molar-refractivity contribution in [2.45, 2.75) is 13.5 Å². The molecule has 6 nitrogen and oxygen atoms in total. The minimum absolute atomic E-state index is 0.282. The van der Waals surface area contributed by atoms with Gasteiger partial charge in [0.05, 0.1) is 16.9 Å². The fraction of sp³-hybridized carbons (Fsp3) is 0.0800. The molecule has 0 aliphatic carbocycles. The van der Waals surface area contributed by atoms with Gasteiger partial charge in [-0.1, -0.05) is 59.1 Å². The van der Waals surface area contributed by atoms with E-state index < -0.39 is 5.91 Å². The lowest BCUT2D eigenvalue weighted by atomic mass is 10.1. The van der Waals surface area contributed by atoms with E-state index >= 15 is 0 Å². The molecule has 2 N–H and O–H groups in total. The van der Waals surface area contributed by atoms with Gasteiger partial charge in [0, 0.05) is 16.1 Å². The number of aromatic nitrogens is 2. The number of carbonyl (C=O) groups excluding carboxylic acids is 1. The second-order valence-electron chi connectivity index (χ2n) is 7.33. The third-order valence-corrected chi connectivity index (χ3v) is 5.39. The number of halogens is 2. The summed E-state index contributed by atoms with van der Waals surface area (Å²) in [6, 6.07) is 22.4. The number of hydrogen-bond acceptors (Lipinski definition) is 4. The first kappa shape index (κ1) is 22.6. The lowest BCUT2D eigenvalue weighted by molar-refractivity contribution is 0.0950. The van der Waals surface area contributed by atoms with Gasteiger partial charge >= 0.3 is 0 Å². The predicted molar refractivity (Wildman–Crippen MR) is 131 cm³/mol. The van der Waals surface area contributed by atoms with Crippen LogP contribution in [0.25, 0.3) is 11.3 Å². The number of ether oxygens (including phenoxy) is 1. The highest BCUT2D eigenvalue weighted by molar-refractivity contribution is 6.36. The van der Waals surface area contributed by atoms with Gasteiger partial charge in [0.15, 0.2) is 0 Å². The molecule has 8 heteroatoms. The number of rotatable bonds is 7. The van der Waals surface area contributed by atoms with Crippen molar-refractivity contribution in [3.8, 4) is 17.0 Å². The zero-order chi connectivity index (χ0) is 23.2. The van der Waals surface area contributed by atoms with Crippen molar-refractivity contribution >= 4 is 35.3 Å². The predicted octanol–water partition coefficient (Wildman–Crippen LogP) is 6.03. The summed E-state index contributed by atoms with van der Waals surface area (Å²) in [7, 11) is 0. The Hall–Kier alpha value is -3.61. The molecule has 4 rings (SSSR count). The first-order valence-corrected chi connectivity index (χ1v) is 10.9. The first-order chi connectivity index (χ1) is 16.0. The second kappa shape index (κ2) is 10.3. The highest BCUT2D eigenvalue weighted by atomic mass is 35.5. The van der Waals surface area contributed by atoms with E-state index in [0.29, 0.717) is 27.9 Å². The van der Waals surface area contributed by atoms with Gasteiger partial charge in [-0.05, 0) is 55.0 Å². The maximum absolute atomic E-state index is 12.3. The van der Waals surface area contributed by atoms with Crippen LogP contribution in [0.4, 0.5) is 0 Å². The fourth-order valence-electron chi connectivity index (χ4n) is 2.99. The Morgan fingerprint density at radius 1 is 1.06 bits per heavy atom. The lowest BCUT2D eigenvalue weighted by Gasteiger charge is -2.07. The van der Waals surface area contributed by atoms with Crippen LogP contribution in [0, 0.1) is 6.92 Å². The average molecular weight is 479 g/mol. The quantitative estimate of drug-likeness (QED) is 0.251. The number of hydrazone groups is 1. The molecule has 1 heterocycles. The number of H-pyrrole nitrogens is 1. The summed E-state index contributed by atoms with van der Waals surface area (Å²) in [5.74, 6) is 0.330. The van der Waals surface area contributed by atoms with E-state index in [0.717, 1.165) is 16.9 Å². The standard InChI is InChI=1S/C25H20Cl2N4O2/c1-16-2-4-17(5-3-16)15-33-21-10-7-18(8-11-21)23-13-24(30-29-23)25(32)31-28-14-19-6-9-20(26)12-22(19)27/h2-14H,15H2,1H3,(H,29,30)(H,31,32)/b28-14+. The van der Waals surface area contributed by atoms with Crippen molar-refractivity contribution in [2.24, 2.45) is 5.10 Å². The number of nitrogens with one attached hydrogen (secondary N) is 2. The third kappa shape index (κ3) is 6.00. The van der Waals surface area contributed by atoms with Gasteiger partial charge in [-0.3, -0.25) is 9.89 Å². The van der Waals surface area contributed by atoms with Crippen molar-refractivity contribution in [1.82, 2.24) is 15.6 Å². The molecule has 4 aromatic rings. The molecule has 3 aromatic carbocycles. The van der Waals surface area contributed by atoms with Crippen molar-refractivity contribution in [3.63, 3.8) is 0 Å². The van der Waals surface area contributed by atoms with E-state index in [9.17, 15) is 4.79 Å². The number of aryl methyl sites for hydroxylation is 1. The monoisotopic (exact) mass is 478 g/mol. The summed E-state index contributed by atoms with van der Waals surface area (Å²) in [6.45, 7) is 2.55. The van der Waals surface area contributed by atoms with Crippen molar-refractivity contribution in [2.75, 3.05) is 0 Å². The van der Waals surface area contributed by atoms with E-state index in [2.05, 4.69) is 39.8 Å². The maximum atomic E-state index is 12.3. The highest BCUT2D eigenvalue weighted by Crippen LogP contribution is 2.22. The van der Waals surface area contributed by atoms with Crippen molar-refractivity contribution < 1.29 is 9.53 Å². The number of nitrogens with zero attached hydrogens (tertiary/aromatic N) is 2. The molecule has 0 fully saturated rings. The Balaban J connectivity index is 1.34. The van der Waals surface area contributed by atoms with E-state index in [1.54, 1.807) is 24.3 Å². The fourth-order valence-corrected chi connectivity index (χ4v) is 3.44. The van der Waals surface area contributed by atoms with E-state index in [4.69, 9.17) is 27.9 Å². The molecule has 0 unspecified atom stereocenters. The van der Waals surface area contributed by atoms with Gasteiger partial charge in [0.2, 0.25) is 0 Å². The minimum atomic E-state index is -0.423. The molecule has 0 aliphatic rings. The molecule has 0 saturated heterocycles. The number of hydrogen-bond donors (Lipinski definition) is 2. The van der Waals surface area contributed by atoms with Crippen molar-refractivity contribution in [3.05, 3.63) is 105 Å². The van der Waals surface area contributed by atoms with Crippen LogP contribution in [-0.2, 0) is 6.61 Å². The van der Waals surface area contributed by atoms with Gasteiger partial charge in [-0.25, -0.2) is 5.43 Å². The summed E-state index contributed by atoms with van der Waals surface area (Å²) in [6.07, 6.45) is 1.45. The van der Waals surface area contributed by atoms with Gasteiger partial charge in [-0.15, -0.1) is 0 Å². The normalized spacial score (nSPS) is 11.0. The van der Waals surface area contributed by atoms with Gasteiger partial charge in [-0.2, -0.15) is 10.2 Å². The number of aromatic amines is 1. The van der Waals surface area contributed by atoms with E-state index in [-0.39, 0.29) is 5.69 Å². The first-order valence-electron chi connectivity index (χ1n) is 10.1. The summed E-state index contributed by atoms with van der Waals surface area (Å²) >= 11 is 12.0. The van der Waals surface area contributed by atoms with Crippen molar-refractivity contribution in [1.29, 1.82) is 0 Å². The van der Waals surface area contributed by atoms with Crippen LogP contribution in [0.3, 0.4) is 0 Å². The summed E-state index contributed by atoms with van der Waals surface area (Å²) in [5, 5.41) is 11.8. The number of benzene rings is 3. The molecule has 0 spiro atoms. The molecule has 1 amide bonds. The molecule has 0 bridgehead atoms. The van der Waals surface area contributed by atoms with Crippen LogP contribution in [0.1, 0.15) is 27.2 Å². The smallest absolute Gasteiger partial charge is 0.289 e. The Bertz CT molecular complexity index is 1280. The number of carbonyl (C=O) groups is 1. The topological polar surface area (TPSA) is 79.4 Å². The van der Waals surface area contributed by atoms with Crippen LogP contribution in [0.15, 0.2) is 77.9 Å². The van der Waals surface area contributed by atoms with Crippen LogP contribution in [0.2, 0.25) is 10.0 Å². The Kier molecular flexibility index (Phi) is 7.07. The van der Waals surface area contributed by atoms with Gasteiger partial charge < -0.3 is 4.74 Å². The summed E-state index contributed by atoms with van der Waals surface area (Å²) < 4.78 is 5.84. The average Bonchev–Trinajstić information content (AvgIpc) is 3.31. The van der Waals surface area contributed by atoms with Gasteiger partial charge in [0.1, 0.15) is 18.1 Å². The molecule has 33 heavy (non-hydrogen) atoms. The Labute approximate surface area is 201 Å². The SMILES string of the molecule is Cc1ccc(COc2ccc(-c3cc(C(=O)N/N=C/c4ccc(Cl)cc4Cl)[nH]n3)cc2)cc1. The number of amides is 1. The Morgan fingerprint density at radius 2 is 1.82 bits per heavy atom. The maximum Gasteiger partial charge on any atom is 0.289 e. The van der Waals surface area contributed by atoms with E-state index in [1.807, 2.05) is 36.4 Å². The van der Waals surface area contributed by atoms with Crippen LogP contribution < -0.4 is 10.2 Å². The molecule has 0 radical (unpaired) electrons. The largest absolute Gasteiger partial charge is 0.489 e. The molecule has 0 atom stereocenters. The third-order valence-electron chi connectivity index (χ3n) is 4.83. The molecule has 0 saturated carbocycles. The second-order valence-corrected chi connectivity index (χ2v) is 8.17. The van der Waals surface area contributed by atoms with Gasteiger partial charge in [0.25, 0.3) is 5.91 Å². The highest BCUT2D eigenvalue weighted by Gasteiger charge is 2.11. The molecular formula is C25H20Cl2N4O2. The molecular weight excluding hydrogens is 459 g/mol. The zero-order valence-electron chi connectivity index (χ0n) is 17.7. The molecule has 1 aromatic heterocycles. The molecule has 166 valence electrons.